The van der Waals surface area contributed by atoms with E-state index in [0.717, 1.165) is 29.6 Å². The highest BCUT2D eigenvalue weighted by molar-refractivity contribution is 7.99. The van der Waals surface area contributed by atoms with Crippen molar-refractivity contribution in [3.8, 4) is 0 Å². The summed E-state index contributed by atoms with van der Waals surface area (Å²) < 4.78 is 4.15. The van der Waals surface area contributed by atoms with E-state index < -0.39 is 0 Å². The number of aromatic nitrogens is 4. The van der Waals surface area contributed by atoms with Crippen LogP contribution in [0.15, 0.2) is 47.8 Å². The SMILES string of the molecule is CCn1c(Cc2cccn2C)nnc1SCC(=O)Nc1ccc(C)cc1. The summed E-state index contributed by atoms with van der Waals surface area (Å²) in [7, 11) is 2.02. The van der Waals surface area contributed by atoms with Crippen molar-refractivity contribution in [1.82, 2.24) is 19.3 Å². The van der Waals surface area contributed by atoms with Crippen molar-refractivity contribution in [2.45, 2.75) is 32.0 Å². The smallest absolute Gasteiger partial charge is 0.234 e. The molecule has 26 heavy (non-hydrogen) atoms. The Kier molecular flexibility index (Phi) is 5.78. The molecule has 3 aromatic rings. The average Bonchev–Trinajstić information content (AvgIpc) is 3.21. The van der Waals surface area contributed by atoms with Crippen LogP contribution >= 0.6 is 11.8 Å². The van der Waals surface area contributed by atoms with Crippen molar-refractivity contribution < 1.29 is 4.79 Å². The quantitative estimate of drug-likeness (QED) is 0.649. The van der Waals surface area contributed by atoms with Gasteiger partial charge >= 0.3 is 0 Å². The van der Waals surface area contributed by atoms with E-state index in [2.05, 4.69) is 37.6 Å². The number of hydrogen-bond donors (Lipinski definition) is 1. The highest BCUT2D eigenvalue weighted by Gasteiger charge is 2.14. The molecular formula is C19H23N5OS. The number of nitrogens with zero attached hydrogens (tertiary/aromatic N) is 4. The third kappa shape index (κ3) is 4.35. The molecule has 0 aliphatic heterocycles. The van der Waals surface area contributed by atoms with Gasteiger partial charge in [-0.05, 0) is 38.1 Å². The molecule has 6 nitrogen and oxygen atoms in total. The van der Waals surface area contributed by atoms with Crippen molar-refractivity contribution in [3.63, 3.8) is 0 Å². The van der Waals surface area contributed by atoms with E-state index in [9.17, 15) is 4.79 Å². The maximum Gasteiger partial charge on any atom is 0.234 e. The second kappa shape index (κ2) is 8.23. The number of benzene rings is 1. The molecule has 0 saturated heterocycles. The molecule has 0 radical (unpaired) electrons. The Balaban J connectivity index is 1.61. The fourth-order valence-electron chi connectivity index (χ4n) is 2.68. The zero-order chi connectivity index (χ0) is 18.5. The molecule has 0 atom stereocenters. The van der Waals surface area contributed by atoms with Crippen LogP contribution in [0.25, 0.3) is 0 Å². The average molecular weight is 369 g/mol. The van der Waals surface area contributed by atoms with Gasteiger partial charge in [0.1, 0.15) is 5.82 Å². The van der Waals surface area contributed by atoms with Crippen molar-refractivity contribution in [2.24, 2.45) is 7.05 Å². The van der Waals surface area contributed by atoms with Gasteiger partial charge in [0.2, 0.25) is 5.91 Å². The van der Waals surface area contributed by atoms with Gasteiger partial charge in [-0.25, -0.2) is 0 Å². The Morgan fingerprint density at radius 3 is 2.62 bits per heavy atom. The normalized spacial score (nSPS) is 10.9. The topological polar surface area (TPSA) is 64.7 Å². The summed E-state index contributed by atoms with van der Waals surface area (Å²) in [6.07, 6.45) is 2.74. The summed E-state index contributed by atoms with van der Waals surface area (Å²) in [6.45, 7) is 4.86. The Hall–Kier alpha value is -2.54. The van der Waals surface area contributed by atoms with Gasteiger partial charge in [-0.3, -0.25) is 4.79 Å². The lowest BCUT2D eigenvalue weighted by atomic mass is 10.2. The van der Waals surface area contributed by atoms with Gasteiger partial charge in [0.05, 0.1) is 5.75 Å². The van der Waals surface area contributed by atoms with Crippen LogP contribution in [0.3, 0.4) is 0 Å². The summed E-state index contributed by atoms with van der Waals surface area (Å²) in [6, 6.07) is 11.9. The molecule has 7 heteroatoms. The molecule has 136 valence electrons. The van der Waals surface area contributed by atoms with Crippen LogP contribution in [0, 0.1) is 6.92 Å². The van der Waals surface area contributed by atoms with Gasteiger partial charge in [0.25, 0.3) is 0 Å². The largest absolute Gasteiger partial charge is 0.354 e. The van der Waals surface area contributed by atoms with E-state index in [1.807, 2.05) is 50.5 Å². The molecule has 0 bridgehead atoms. The zero-order valence-electron chi connectivity index (χ0n) is 15.3. The van der Waals surface area contributed by atoms with Crippen molar-refractivity contribution in [1.29, 1.82) is 0 Å². The maximum absolute atomic E-state index is 12.2. The van der Waals surface area contributed by atoms with Gasteiger partial charge in [0, 0.05) is 37.6 Å². The van der Waals surface area contributed by atoms with Gasteiger partial charge in [-0.2, -0.15) is 0 Å². The van der Waals surface area contributed by atoms with E-state index in [-0.39, 0.29) is 5.91 Å². The summed E-state index contributed by atoms with van der Waals surface area (Å²) in [4.78, 5) is 12.2. The first kappa shape index (κ1) is 18.3. The first-order valence-electron chi connectivity index (χ1n) is 8.58. The fourth-order valence-corrected chi connectivity index (χ4v) is 3.50. The molecule has 0 aliphatic rings. The molecular weight excluding hydrogens is 346 g/mol. The summed E-state index contributed by atoms with van der Waals surface area (Å²) in [5.74, 6) is 1.17. The lowest BCUT2D eigenvalue weighted by molar-refractivity contribution is -0.113. The molecule has 1 N–H and O–H groups in total. The number of hydrogen-bond acceptors (Lipinski definition) is 4. The number of nitrogens with one attached hydrogen (secondary N) is 1. The maximum atomic E-state index is 12.2. The number of anilines is 1. The van der Waals surface area contributed by atoms with E-state index in [1.165, 1.54) is 23.0 Å². The minimum absolute atomic E-state index is 0.0477. The van der Waals surface area contributed by atoms with Crippen LogP contribution in [0.4, 0.5) is 5.69 Å². The van der Waals surface area contributed by atoms with E-state index in [1.54, 1.807) is 0 Å². The highest BCUT2D eigenvalue weighted by atomic mass is 32.2. The number of carbonyl (C=O) groups excluding carboxylic acids is 1. The standard InChI is InChI=1S/C19H23N5OS/c1-4-24-17(12-16-6-5-11-23(16)3)21-22-19(24)26-13-18(25)20-15-9-7-14(2)8-10-15/h5-11H,4,12-13H2,1-3H3,(H,20,25). The number of rotatable bonds is 7. The number of thioether (sulfide) groups is 1. The predicted octanol–water partition coefficient (Wildman–Crippen LogP) is 3.27. The molecule has 0 aliphatic carbocycles. The van der Waals surface area contributed by atoms with Crippen LogP contribution in [-0.2, 0) is 24.8 Å². The Morgan fingerprint density at radius 2 is 1.96 bits per heavy atom. The predicted molar refractivity (Wildman–Crippen MR) is 104 cm³/mol. The minimum atomic E-state index is -0.0477. The van der Waals surface area contributed by atoms with Crippen molar-refractivity contribution in [3.05, 3.63) is 59.7 Å². The summed E-state index contributed by atoms with van der Waals surface area (Å²) >= 11 is 1.41. The molecule has 2 aromatic heterocycles. The number of amides is 1. The molecule has 0 fully saturated rings. The number of aryl methyl sites for hydroxylation is 2. The van der Waals surface area contributed by atoms with Gasteiger partial charge in [-0.15, -0.1) is 10.2 Å². The van der Waals surface area contributed by atoms with E-state index in [0.29, 0.717) is 5.75 Å². The van der Waals surface area contributed by atoms with Crippen LogP contribution < -0.4 is 5.32 Å². The fraction of sp³-hybridized carbons (Fsp3) is 0.316. The first-order chi connectivity index (χ1) is 12.6. The van der Waals surface area contributed by atoms with Crippen LogP contribution in [0.1, 0.15) is 24.0 Å². The van der Waals surface area contributed by atoms with Crippen LogP contribution in [0.2, 0.25) is 0 Å². The second-order valence-electron chi connectivity index (χ2n) is 6.13. The monoisotopic (exact) mass is 369 g/mol. The van der Waals surface area contributed by atoms with Crippen molar-refractivity contribution in [2.75, 3.05) is 11.1 Å². The highest BCUT2D eigenvalue weighted by Crippen LogP contribution is 2.19. The molecule has 0 saturated carbocycles. The molecule has 0 spiro atoms. The van der Waals surface area contributed by atoms with Gasteiger partial charge < -0.3 is 14.5 Å². The molecule has 2 heterocycles. The minimum Gasteiger partial charge on any atom is -0.354 e. The van der Waals surface area contributed by atoms with Crippen molar-refractivity contribution >= 4 is 23.4 Å². The molecule has 3 rings (SSSR count). The Labute approximate surface area is 157 Å². The Bertz CT molecular complexity index is 882. The molecule has 1 aromatic carbocycles. The van der Waals surface area contributed by atoms with Crippen LogP contribution in [0.5, 0.6) is 0 Å². The second-order valence-corrected chi connectivity index (χ2v) is 7.08. The van der Waals surface area contributed by atoms with Crippen LogP contribution in [-0.4, -0.2) is 31.0 Å². The van der Waals surface area contributed by atoms with E-state index in [4.69, 9.17) is 0 Å². The Morgan fingerprint density at radius 1 is 1.19 bits per heavy atom. The third-order valence-corrected chi connectivity index (χ3v) is 5.13. The lowest BCUT2D eigenvalue weighted by Gasteiger charge is -2.08. The summed E-state index contributed by atoms with van der Waals surface area (Å²) in [5.41, 5.74) is 3.16. The molecule has 1 amide bonds. The third-order valence-electron chi connectivity index (χ3n) is 4.17. The summed E-state index contributed by atoms with van der Waals surface area (Å²) in [5, 5.41) is 12.3. The lowest BCUT2D eigenvalue weighted by Crippen LogP contribution is -2.14. The van der Waals surface area contributed by atoms with E-state index >= 15 is 0 Å². The molecule has 0 unspecified atom stereocenters. The van der Waals surface area contributed by atoms with Gasteiger partial charge in [0.15, 0.2) is 5.16 Å². The number of carbonyl (C=O) groups is 1. The zero-order valence-corrected chi connectivity index (χ0v) is 16.1. The van der Waals surface area contributed by atoms with Gasteiger partial charge in [-0.1, -0.05) is 29.5 Å². The first-order valence-corrected chi connectivity index (χ1v) is 9.57.